The van der Waals surface area contributed by atoms with Crippen LogP contribution >= 0.6 is 0 Å². The van der Waals surface area contributed by atoms with Crippen molar-refractivity contribution in [2.45, 2.75) is 0 Å². The summed E-state index contributed by atoms with van der Waals surface area (Å²) in [5.41, 5.74) is 41.2. The summed E-state index contributed by atoms with van der Waals surface area (Å²) < 4.78 is 34.1. The van der Waals surface area contributed by atoms with Gasteiger partial charge in [-0.1, -0.05) is 0 Å². The molecule has 0 aliphatic rings. The second-order valence-corrected chi connectivity index (χ2v) is 5.00. The van der Waals surface area contributed by atoms with Gasteiger partial charge < -0.3 is 55.0 Å². The predicted molar refractivity (Wildman–Crippen MR) is 98.7 cm³/mol. The van der Waals surface area contributed by atoms with Gasteiger partial charge in [0.15, 0.2) is 11.9 Å². The highest BCUT2D eigenvalue weighted by atomic mass is 32.3. The molecule has 0 spiro atoms. The van der Waals surface area contributed by atoms with Crippen molar-refractivity contribution in [1.29, 1.82) is 0 Å². The first-order valence-electron chi connectivity index (χ1n) is 6.55. The first-order chi connectivity index (χ1) is 13.2. The van der Waals surface area contributed by atoms with Crippen molar-refractivity contribution in [1.82, 2.24) is 29.9 Å². The normalized spacial score (nSPS) is 9.72. The lowest BCUT2D eigenvalue weighted by atomic mass is 10.8. The molecule has 21 heteroatoms. The number of nitrogens with zero attached hydrogens (tertiary/aromatic N) is 8. The van der Waals surface area contributed by atoms with Crippen molar-refractivity contribution in [2.24, 2.45) is 32.9 Å². The maximum absolute atomic E-state index is 8.52. The maximum Gasteiger partial charge on any atom is 0.259 e. The Bertz CT molecular complexity index is 868. The third-order valence-electron chi connectivity index (χ3n) is 1.77. The van der Waals surface area contributed by atoms with Gasteiger partial charge in [0.2, 0.25) is 23.8 Å². The van der Waals surface area contributed by atoms with E-state index in [1.54, 1.807) is 0 Å². The van der Waals surface area contributed by atoms with Gasteiger partial charge in [-0.3, -0.25) is 8.42 Å². The fraction of sp³-hybridized carbons (Fsp3) is 0. The molecule has 2 aromatic heterocycles. The highest BCUT2D eigenvalue weighted by molar-refractivity contribution is 7.79. The van der Waals surface area contributed by atoms with E-state index in [0.29, 0.717) is 0 Å². The van der Waals surface area contributed by atoms with E-state index in [1.165, 1.54) is 0 Å². The number of nitrogen functional groups attached to an aromatic ring is 4. The Balaban J connectivity index is 0.000000442. The zero-order valence-corrected chi connectivity index (χ0v) is 15.1. The summed E-state index contributed by atoms with van der Waals surface area (Å²) in [5, 5.41) is 0. The molecule has 0 aliphatic heterocycles. The topological polar surface area (TPSA) is 390 Å². The van der Waals surface area contributed by atoms with E-state index in [1.807, 2.05) is 0 Å². The number of hydrogen-bond acceptors (Lipinski definition) is 16. The molecule has 0 atom stereocenters. The SMILES string of the molecule is NC(N)=Nc1nc(N)nc(N)n1.NC(N)=Nc1nc(N)nc(N)n1.O=S(=O)([O-])[O-]. The molecule has 2 heterocycles. The molecule has 0 amide bonds. The van der Waals surface area contributed by atoms with Gasteiger partial charge in [-0.15, -0.1) is 0 Å². The molecule has 0 aromatic carbocycles. The zero-order valence-electron chi connectivity index (χ0n) is 14.2. The van der Waals surface area contributed by atoms with Crippen LogP contribution in [0.4, 0.5) is 35.7 Å². The molecule has 0 unspecified atom stereocenters. The van der Waals surface area contributed by atoms with Gasteiger partial charge in [0.1, 0.15) is 0 Å². The lowest BCUT2D eigenvalue weighted by Gasteiger charge is -2.06. The van der Waals surface area contributed by atoms with E-state index in [0.717, 1.165) is 0 Å². The predicted octanol–water partition coefficient (Wildman–Crippen LogP) is -5.46. The molecule has 0 bridgehead atoms. The Labute approximate surface area is 162 Å². The Morgan fingerprint density at radius 1 is 0.621 bits per heavy atom. The van der Waals surface area contributed by atoms with E-state index < -0.39 is 10.4 Å². The van der Waals surface area contributed by atoms with E-state index in [4.69, 9.17) is 63.4 Å². The van der Waals surface area contributed by atoms with Crippen molar-refractivity contribution in [3.05, 3.63) is 0 Å². The largest absolute Gasteiger partial charge is 0.759 e. The molecule has 0 saturated carbocycles. The lowest BCUT2D eigenvalue weighted by Crippen LogP contribution is -2.22. The summed E-state index contributed by atoms with van der Waals surface area (Å²) >= 11 is 0. The van der Waals surface area contributed by atoms with E-state index >= 15 is 0 Å². The van der Waals surface area contributed by atoms with E-state index in [9.17, 15) is 0 Å². The molecule has 29 heavy (non-hydrogen) atoms. The Morgan fingerprint density at radius 2 is 0.828 bits per heavy atom. The number of nitrogens with two attached hydrogens (primary N) is 8. The van der Waals surface area contributed by atoms with Crippen LogP contribution in [0.3, 0.4) is 0 Å². The molecule has 20 nitrogen and oxygen atoms in total. The van der Waals surface area contributed by atoms with Gasteiger partial charge in [-0.25, -0.2) is 0 Å². The third-order valence-corrected chi connectivity index (χ3v) is 1.77. The average Bonchev–Trinajstić information content (AvgIpc) is 2.41. The molecule has 0 radical (unpaired) electrons. The fourth-order valence-corrected chi connectivity index (χ4v) is 1.13. The molecule has 0 saturated heterocycles. The van der Waals surface area contributed by atoms with Crippen molar-refractivity contribution < 1.29 is 17.5 Å². The van der Waals surface area contributed by atoms with Crippen LogP contribution in [0.2, 0.25) is 0 Å². The van der Waals surface area contributed by atoms with Gasteiger partial charge in [0.25, 0.3) is 11.9 Å². The molecule has 160 valence electrons. The van der Waals surface area contributed by atoms with Gasteiger partial charge >= 0.3 is 0 Å². The van der Waals surface area contributed by atoms with Crippen molar-refractivity contribution in [2.75, 3.05) is 22.9 Å². The van der Waals surface area contributed by atoms with E-state index in [-0.39, 0.29) is 47.6 Å². The third kappa shape index (κ3) is 14.5. The highest BCUT2D eigenvalue weighted by Gasteiger charge is 2.00. The zero-order chi connectivity index (χ0) is 22.8. The smallest absolute Gasteiger partial charge is 0.259 e. The number of rotatable bonds is 2. The summed E-state index contributed by atoms with van der Waals surface area (Å²) in [4.78, 5) is 28.5. The van der Waals surface area contributed by atoms with Crippen LogP contribution in [-0.4, -0.2) is 59.3 Å². The number of aliphatic imine (C=N–C) groups is 2. The Kier molecular flexibility index (Phi) is 9.09. The Hall–Kier alpha value is -4.37. The quantitative estimate of drug-likeness (QED) is 0.0948. The van der Waals surface area contributed by atoms with Crippen molar-refractivity contribution in [3.8, 4) is 0 Å². The number of anilines is 4. The van der Waals surface area contributed by atoms with Gasteiger partial charge in [0.05, 0.1) is 0 Å². The first kappa shape index (κ1) is 24.6. The number of hydrogen-bond donors (Lipinski definition) is 8. The standard InChI is InChI=1S/2C4H8N8.H2O4S/c2*5-1(6)9-4-11-2(7)10-3(8)12-4;1-5(2,3)4/h2*(H8,5,6,7,8,9,10,11,12);(H2,1,2,3,4)/p-2. The first-order valence-corrected chi connectivity index (χ1v) is 7.89. The maximum atomic E-state index is 8.52. The fourth-order valence-electron chi connectivity index (χ4n) is 1.13. The van der Waals surface area contributed by atoms with Crippen molar-refractivity contribution >= 4 is 58.0 Å². The molecular formula is C8H16N16O4S-2. The van der Waals surface area contributed by atoms with Gasteiger partial charge in [0, 0.05) is 10.4 Å². The van der Waals surface area contributed by atoms with Crippen LogP contribution in [0.15, 0.2) is 9.98 Å². The van der Waals surface area contributed by atoms with Crippen LogP contribution in [0.25, 0.3) is 0 Å². The summed E-state index contributed by atoms with van der Waals surface area (Å²) in [5.74, 6) is -0.435. The van der Waals surface area contributed by atoms with E-state index in [2.05, 4.69) is 39.9 Å². The molecule has 16 N–H and O–H groups in total. The Morgan fingerprint density at radius 3 is 1.00 bits per heavy atom. The van der Waals surface area contributed by atoms with Crippen LogP contribution < -0.4 is 45.9 Å². The van der Waals surface area contributed by atoms with Crippen LogP contribution in [0.1, 0.15) is 0 Å². The summed E-state index contributed by atoms with van der Waals surface area (Å²) in [6, 6.07) is 0. The number of aromatic nitrogens is 6. The average molecular weight is 432 g/mol. The molecule has 0 aliphatic carbocycles. The molecule has 2 aromatic rings. The highest BCUT2D eigenvalue weighted by Crippen LogP contribution is 2.06. The van der Waals surface area contributed by atoms with Crippen LogP contribution in [0, 0.1) is 0 Å². The second-order valence-electron chi connectivity index (χ2n) is 4.19. The minimum absolute atomic E-state index is 0.000000000000000444. The minimum atomic E-state index is -5.17. The molecular weight excluding hydrogens is 416 g/mol. The second kappa shape index (κ2) is 10.7. The minimum Gasteiger partial charge on any atom is -0.759 e. The number of guanidine groups is 2. The van der Waals surface area contributed by atoms with Crippen LogP contribution in [0.5, 0.6) is 0 Å². The summed E-state index contributed by atoms with van der Waals surface area (Å²) in [6.45, 7) is 0. The van der Waals surface area contributed by atoms with Crippen LogP contribution in [-0.2, 0) is 10.4 Å². The van der Waals surface area contributed by atoms with Gasteiger partial charge in [-0.2, -0.15) is 39.9 Å². The monoisotopic (exact) mass is 432 g/mol. The van der Waals surface area contributed by atoms with Gasteiger partial charge in [-0.05, 0) is 0 Å². The van der Waals surface area contributed by atoms with Crippen molar-refractivity contribution in [3.63, 3.8) is 0 Å². The molecule has 2 rings (SSSR count). The summed E-state index contributed by atoms with van der Waals surface area (Å²) in [7, 11) is -5.17. The lowest BCUT2D eigenvalue weighted by molar-refractivity contribution is 0.352. The molecule has 0 fully saturated rings. The summed E-state index contributed by atoms with van der Waals surface area (Å²) in [6.07, 6.45) is 0.